The molecule has 112 valence electrons. The molecule has 1 aromatic carbocycles. The van der Waals surface area contributed by atoms with Gasteiger partial charge in [0.15, 0.2) is 0 Å². The Morgan fingerprint density at radius 1 is 1.43 bits per heavy atom. The van der Waals surface area contributed by atoms with E-state index in [1.807, 2.05) is 31.2 Å². The molecular formula is C15H18N2O4. The summed E-state index contributed by atoms with van der Waals surface area (Å²) in [5.74, 6) is -0.948. The summed E-state index contributed by atoms with van der Waals surface area (Å²) in [6.07, 6.45) is 0.693. The zero-order valence-corrected chi connectivity index (χ0v) is 11.8. The average Bonchev–Trinajstić information content (AvgIpc) is 2.85. The van der Waals surface area contributed by atoms with Crippen molar-refractivity contribution in [2.45, 2.75) is 25.0 Å². The fourth-order valence-electron chi connectivity index (χ4n) is 2.91. The summed E-state index contributed by atoms with van der Waals surface area (Å²) in [6, 6.07) is 7.67. The molecule has 0 aromatic heterocycles. The zero-order valence-electron chi connectivity index (χ0n) is 11.8. The van der Waals surface area contributed by atoms with Gasteiger partial charge in [-0.2, -0.15) is 0 Å². The van der Waals surface area contributed by atoms with Gasteiger partial charge in [-0.25, -0.2) is 4.79 Å². The average molecular weight is 290 g/mol. The van der Waals surface area contributed by atoms with Crippen LogP contribution in [0.25, 0.3) is 0 Å². The molecule has 0 saturated carbocycles. The smallest absolute Gasteiger partial charge is 0.329 e. The van der Waals surface area contributed by atoms with Crippen LogP contribution in [-0.4, -0.2) is 53.2 Å². The number of rotatable bonds is 4. The van der Waals surface area contributed by atoms with Gasteiger partial charge in [0.25, 0.3) is 0 Å². The number of nitrogens with zero attached hydrogens (tertiary/aromatic N) is 1. The lowest BCUT2D eigenvalue weighted by molar-refractivity contribution is -0.173. The quantitative estimate of drug-likeness (QED) is 0.854. The molecule has 0 bridgehead atoms. The molecule has 6 heteroatoms. The second kappa shape index (κ2) is 5.04. The van der Waals surface area contributed by atoms with Crippen LogP contribution in [0.4, 0.5) is 5.69 Å². The molecule has 2 aliphatic heterocycles. The van der Waals surface area contributed by atoms with E-state index in [0.29, 0.717) is 19.5 Å². The summed E-state index contributed by atoms with van der Waals surface area (Å²) >= 11 is 0. The van der Waals surface area contributed by atoms with Crippen LogP contribution in [0.5, 0.6) is 0 Å². The Morgan fingerprint density at radius 2 is 2.14 bits per heavy atom. The van der Waals surface area contributed by atoms with Gasteiger partial charge in [-0.15, -0.1) is 0 Å². The molecule has 6 nitrogen and oxygen atoms in total. The minimum Gasteiger partial charge on any atom is -0.480 e. The maximum Gasteiger partial charge on any atom is 0.329 e. The number of ether oxygens (including phenoxy) is 1. The number of aliphatic carboxylic acids is 1. The maximum atomic E-state index is 12.4. The molecule has 3 rings (SSSR count). The SMILES string of the molecule is CC1(OCC(=O)O)CN(C(=O)C2Cc3ccccc3N2)C1. The van der Waals surface area contributed by atoms with E-state index in [1.165, 1.54) is 0 Å². The Bertz CT molecular complexity index is 556. The van der Waals surface area contributed by atoms with Crippen molar-refractivity contribution in [1.29, 1.82) is 0 Å². The summed E-state index contributed by atoms with van der Waals surface area (Å²) in [5, 5.41) is 11.9. The van der Waals surface area contributed by atoms with Crippen molar-refractivity contribution >= 4 is 17.6 Å². The molecule has 1 unspecified atom stereocenters. The van der Waals surface area contributed by atoms with Gasteiger partial charge in [-0.3, -0.25) is 4.79 Å². The maximum absolute atomic E-state index is 12.4. The standard InChI is InChI=1S/C15H18N2O4/c1-15(21-7-13(18)19)8-17(9-15)14(20)12-6-10-4-2-3-5-11(10)16-12/h2-5,12,16H,6-9H2,1H3,(H,18,19). The first-order valence-electron chi connectivity index (χ1n) is 6.96. The van der Waals surface area contributed by atoms with Gasteiger partial charge >= 0.3 is 5.97 Å². The number of anilines is 1. The predicted molar refractivity (Wildman–Crippen MR) is 76.1 cm³/mol. The molecule has 0 aliphatic carbocycles. The van der Waals surface area contributed by atoms with Gasteiger partial charge in [0.1, 0.15) is 18.2 Å². The molecule has 21 heavy (non-hydrogen) atoms. The van der Waals surface area contributed by atoms with Crippen LogP contribution >= 0.6 is 0 Å². The molecular weight excluding hydrogens is 272 g/mol. The zero-order chi connectivity index (χ0) is 15.0. The molecule has 1 atom stereocenters. The third kappa shape index (κ3) is 2.71. The van der Waals surface area contributed by atoms with Crippen LogP contribution in [0.1, 0.15) is 12.5 Å². The predicted octanol–water partition coefficient (Wildman–Crippen LogP) is 0.725. The van der Waals surface area contributed by atoms with E-state index in [4.69, 9.17) is 9.84 Å². The van der Waals surface area contributed by atoms with E-state index >= 15 is 0 Å². The van der Waals surface area contributed by atoms with Gasteiger partial charge in [0.2, 0.25) is 5.91 Å². The number of benzene rings is 1. The number of carbonyl (C=O) groups excluding carboxylic acids is 1. The van der Waals surface area contributed by atoms with Crippen molar-refractivity contribution in [2.24, 2.45) is 0 Å². The summed E-state index contributed by atoms with van der Waals surface area (Å²) in [7, 11) is 0. The lowest BCUT2D eigenvalue weighted by Gasteiger charge is -2.48. The van der Waals surface area contributed by atoms with Crippen molar-refractivity contribution < 1.29 is 19.4 Å². The lowest BCUT2D eigenvalue weighted by Crippen LogP contribution is -2.65. The van der Waals surface area contributed by atoms with Gasteiger partial charge in [0.05, 0.1) is 13.1 Å². The highest BCUT2D eigenvalue weighted by Gasteiger charge is 2.45. The molecule has 1 amide bonds. The Kier molecular flexibility index (Phi) is 3.33. The van der Waals surface area contributed by atoms with Crippen LogP contribution in [0.3, 0.4) is 0 Å². The van der Waals surface area contributed by atoms with Crippen molar-refractivity contribution in [2.75, 3.05) is 25.0 Å². The molecule has 1 aromatic rings. The van der Waals surface area contributed by atoms with Crippen molar-refractivity contribution in [1.82, 2.24) is 4.90 Å². The summed E-state index contributed by atoms with van der Waals surface area (Å²) in [5.41, 5.74) is 1.63. The molecule has 1 fully saturated rings. The van der Waals surface area contributed by atoms with Gasteiger partial charge in [0, 0.05) is 12.1 Å². The minimum absolute atomic E-state index is 0.0441. The van der Waals surface area contributed by atoms with E-state index < -0.39 is 11.6 Å². The van der Waals surface area contributed by atoms with Crippen molar-refractivity contribution in [3.63, 3.8) is 0 Å². The Labute approximate surface area is 122 Å². The molecule has 0 radical (unpaired) electrons. The van der Waals surface area contributed by atoms with Crippen LogP contribution in [-0.2, 0) is 20.7 Å². The molecule has 2 aliphatic rings. The van der Waals surface area contributed by atoms with Crippen LogP contribution in [0.15, 0.2) is 24.3 Å². The first-order chi connectivity index (χ1) is 9.97. The number of carboxylic acids is 1. The van der Waals surface area contributed by atoms with Crippen LogP contribution < -0.4 is 5.32 Å². The second-order valence-electron chi connectivity index (χ2n) is 5.88. The first-order valence-corrected chi connectivity index (χ1v) is 6.96. The number of nitrogens with one attached hydrogen (secondary N) is 1. The first kappa shape index (κ1) is 13.9. The van der Waals surface area contributed by atoms with Gasteiger partial charge in [-0.05, 0) is 18.6 Å². The fraction of sp³-hybridized carbons (Fsp3) is 0.467. The number of carbonyl (C=O) groups is 2. The molecule has 2 heterocycles. The Morgan fingerprint density at radius 3 is 2.81 bits per heavy atom. The molecule has 1 saturated heterocycles. The van der Waals surface area contributed by atoms with E-state index in [-0.39, 0.29) is 18.6 Å². The highest BCUT2D eigenvalue weighted by atomic mass is 16.5. The number of hydrogen-bond acceptors (Lipinski definition) is 4. The number of para-hydroxylation sites is 1. The second-order valence-corrected chi connectivity index (χ2v) is 5.88. The van der Waals surface area contributed by atoms with Crippen molar-refractivity contribution in [3.05, 3.63) is 29.8 Å². The van der Waals surface area contributed by atoms with Crippen LogP contribution in [0.2, 0.25) is 0 Å². The van der Waals surface area contributed by atoms with Crippen molar-refractivity contribution in [3.8, 4) is 0 Å². The summed E-state index contributed by atoms with van der Waals surface area (Å²) < 4.78 is 5.32. The Hall–Kier alpha value is -2.08. The summed E-state index contributed by atoms with van der Waals surface area (Å²) in [4.78, 5) is 24.6. The summed E-state index contributed by atoms with van der Waals surface area (Å²) in [6.45, 7) is 2.38. The fourth-order valence-corrected chi connectivity index (χ4v) is 2.91. The normalized spacial score (nSPS) is 22.1. The molecule has 2 N–H and O–H groups in total. The topological polar surface area (TPSA) is 78.9 Å². The lowest BCUT2D eigenvalue weighted by atomic mass is 9.95. The largest absolute Gasteiger partial charge is 0.480 e. The van der Waals surface area contributed by atoms with Gasteiger partial charge < -0.3 is 20.1 Å². The van der Waals surface area contributed by atoms with Gasteiger partial charge in [-0.1, -0.05) is 18.2 Å². The van der Waals surface area contributed by atoms with E-state index in [2.05, 4.69) is 5.32 Å². The third-order valence-corrected chi connectivity index (χ3v) is 3.98. The monoisotopic (exact) mass is 290 g/mol. The highest BCUT2D eigenvalue weighted by molar-refractivity contribution is 5.88. The third-order valence-electron chi connectivity index (χ3n) is 3.98. The Balaban J connectivity index is 1.54. The number of amides is 1. The molecule has 0 spiro atoms. The minimum atomic E-state index is -0.992. The number of hydrogen-bond donors (Lipinski definition) is 2. The van der Waals surface area contributed by atoms with E-state index in [9.17, 15) is 9.59 Å². The van der Waals surface area contributed by atoms with E-state index in [0.717, 1.165) is 11.3 Å². The number of fused-ring (bicyclic) bond motifs is 1. The highest BCUT2D eigenvalue weighted by Crippen LogP contribution is 2.30. The van der Waals surface area contributed by atoms with E-state index in [1.54, 1.807) is 4.90 Å². The van der Waals surface area contributed by atoms with Crippen LogP contribution in [0, 0.1) is 0 Å². The number of likely N-dealkylation sites (tertiary alicyclic amines) is 1. The number of carboxylic acid groups (broad SMARTS) is 1.